The molecule has 1 aliphatic carbocycles. The molecule has 1 aromatic carbocycles. The number of nitrogens with one attached hydrogen (secondary N) is 1. The molecule has 0 heterocycles. The van der Waals surface area contributed by atoms with E-state index in [1.807, 2.05) is 6.92 Å². The standard InChI is InChI=1S/C14H20FNO2/c1-10(16-8-14(9-17)6-7-14)13-11(15)4-3-5-12(13)18-2/h3-5,10,16-17H,6-9H2,1-2H3. The van der Waals surface area contributed by atoms with Crippen molar-refractivity contribution in [1.29, 1.82) is 0 Å². The Morgan fingerprint density at radius 3 is 2.78 bits per heavy atom. The fraction of sp³-hybridized carbons (Fsp3) is 0.571. The SMILES string of the molecule is COc1cccc(F)c1C(C)NCC1(CO)CC1. The van der Waals surface area contributed by atoms with E-state index in [1.54, 1.807) is 19.2 Å². The van der Waals surface area contributed by atoms with Crippen LogP contribution in [-0.2, 0) is 0 Å². The molecule has 1 aliphatic rings. The zero-order chi connectivity index (χ0) is 13.2. The van der Waals surface area contributed by atoms with E-state index in [0.717, 1.165) is 12.8 Å². The number of rotatable bonds is 6. The number of hydrogen-bond acceptors (Lipinski definition) is 3. The highest BCUT2D eigenvalue weighted by atomic mass is 19.1. The summed E-state index contributed by atoms with van der Waals surface area (Å²) in [5.41, 5.74) is 0.570. The molecule has 100 valence electrons. The molecule has 4 heteroatoms. The van der Waals surface area contributed by atoms with Crippen LogP contribution in [0.5, 0.6) is 5.75 Å². The van der Waals surface area contributed by atoms with E-state index in [4.69, 9.17) is 4.74 Å². The largest absolute Gasteiger partial charge is 0.496 e. The van der Waals surface area contributed by atoms with Crippen molar-refractivity contribution in [3.8, 4) is 5.75 Å². The molecule has 0 aromatic heterocycles. The summed E-state index contributed by atoms with van der Waals surface area (Å²) in [6.07, 6.45) is 2.08. The number of aliphatic hydroxyl groups is 1. The molecule has 1 unspecified atom stereocenters. The van der Waals surface area contributed by atoms with Crippen LogP contribution < -0.4 is 10.1 Å². The molecule has 18 heavy (non-hydrogen) atoms. The molecule has 0 spiro atoms. The lowest BCUT2D eigenvalue weighted by Crippen LogP contribution is -2.29. The molecule has 0 amide bonds. The molecule has 1 fully saturated rings. The van der Waals surface area contributed by atoms with Gasteiger partial charge in [0.25, 0.3) is 0 Å². The van der Waals surface area contributed by atoms with Crippen molar-refractivity contribution in [3.63, 3.8) is 0 Å². The summed E-state index contributed by atoms with van der Waals surface area (Å²) in [6.45, 7) is 2.82. The minimum atomic E-state index is -0.261. The number of aliphatic hydroxyl groups excluding tert-OH is 1. The molecular formula is C14H20FNO2. The van der Waals surface area contributed by atoms with Crippen LogP contribution in [0.4, 0.5) is 4.39 Å². The minimum Gasteiger partial charge on any atom is -0.496 e. The fourth-order valence-electron chi connectivity index (χ4n) is 2.15. The van der Waals surface area contributed by atoms with Crippen molar-refractivity contribution in [2.24, 2.45) is 5.41 Å². The van der Waals surface area contributed by atoms with E-state index < -0.39 is 0 Å². The Hall–Kier alpha value is -1.13. The van der Waals surface area contributed by atoms with Gasteiger partial charge < -0.3 is 15.2 Å². The van der Waals surface area contributed by atoms with Gasteiger partial charge in [0.05, 0.1) is 7.11 Å². The van der Waals surface area contributed by atoms with Crippen molar-refractivity contribution in [3.05, 3.63) is 29.6 Å². The van der Waals surface area contributed by atoms with Gasteiger partial charge in [0.1, 0.15) is 11.6 Å². The number of hydrogen-bond donors (Lipinski definition) is 2. The molecule has 0 bridgehead atoms. The molecule has 2 rings (SSSR count). The lowest BCUT2D eigenvalue weighted by atomic mass is 10.0. The Labute approximate surface area is 107 Å². The van der Waals surface area contributed by atoms with E-state index in [1.165, 1.54) is 6.07 Å². The first kappa shape index (κ1) is 13.3. The Kier molecular flexibility index (Phi) is 3.88. The van der Waals surface area contributed by atoms with Gasteiger partial charge in [-0.3, -0.25) is 0 Å². The first-order valence-corrected chi connectivity index (χ1v) is 6.28. The predicted octanol–water partition coefficient (Wildman–Crippen LogP) is 2.26. The Balaban J connectivity index is 2.06. The van der Waals surface area contributed by atoms with Crippen molar-refractivity contribution in [1.82, 2.24) is 5.32 Å². The fourth-order valence-corrected chi connectivity index (χ4v) is 2.15. The molecule has 0 aliphatic heterocycles. The highest BCUT2D eigenvalue weighted by molar-refractivity contribution is 5.36. The van der Waals surface area contributed by atoms with Crippen LogP contribution in [0, 0.1) is 11.2 Å². The Morgan fingerprint density at radius 2 is 2.22 bits per heavy atom. The Bertz CT molecular complexity index is 418. The summed E-state index contributed by atoms with van der Waals surface area (Å²) in [5, 5.41) is 12.5. The van der Waals surface area contributed by atoms with Crippen molar-refractivity contribution < 1.29 is 14.2 Å². The predicted molar refractivity (Wildman–Crippen MR) is 68.1 cm³/mol. The van der Waals surface area contributed by atoms with Gasteiger partial charge >= 0.3 is 0 Å². The van der Waals surface area contributed by atoms with Gasteiger partial charge in [0.15, 0.2) is 0 Å². The van der Waals surface area contributed by atoms with Crippen molar-refractivity contribution >= 4 is 0 Å². The summed E-state index contributed by atoms with van der Waals surface area (Å²) in [7, 11) is 1.54. The van der Waals surface area contributed by atoms with Crippen LogP contribution in [0.1, 0.15) is 31.4 Å². The molecule has 3 nitrogen and oxygen atoms in total. The van der Waals surface area contributed by atoms with E-state index in [0.29, 0.717) is 17.9 Å². The molecule has 0 saturated heterocycles. The van der Waals surface area contributed by atoms with E-state index in [9.17, 15) is 9.50 Å². The second-order valence-electron chi connectivity index (χ2n) is 5.12. The van der Waals surface area contributed by atoms with Gasteiger partial charge in [-0.1, -0.05) is 6.07 Å². The van der Waals surface area contributed by atoms with Gasteiger partial charge in [-0.15, -0.1) is 0 Å². The molecular weight excluding hydrogens is 233 g/mol. The van der Waals surface area contributed by atoms with Crippen LogP contribution in [0.2, 0.25) is 0 Å². The maximum Gasteiger partial charge on any atom is 0.131 e. The third-order valence-corrected chi connectivity index (χ3v) is 3.74. The average Bonchev–Trinajstić information content (AvgIpc) is 3.16. The average molecular weight is 253 g/mol. The van der Waals surface area contributed by atoms with Gasteiger partial charge in [0, 0.05) is 30.2 Å². The molecule has 1 atom stereocenters. The van der Waals surface area contributed by atoms with E-state index in [-0.39, 0.29) is 23.9 Å². The van der Waals surface area contributed by atoms with Gasteiger partial charge in [-0.05, 0) is 31.9 Å². The summed E-state index contributed by atoms with van der Waals surface area (Å²) in [6, 6.07) is 4.70. The molecule has 0 radical (unpaired) electrons. The van der Waals surface area contributed by atoms with Crippen LogP contribution in [0.3, 0.4) is 0 Å². The van der Waals surface area contributed by atoms with Crippen molar-refractivity contribution in [2.75, 3.05) is 20.3 Å². The third-order valence-electron chi connectivity index (χ3n) is 3.74. The van der Waals surface area contributed by atoms with Crippen LogP contribution in [-0.4, -0.2) is 25.4 Å². The van der Waals surface area contributed by atoms with Crippen molar-refractivity contribution in [2.45, 2.75) is 25.8 Å². The highest BCUT2D eigenvalue weighted by Gasteiger charge is 2.41. The first-order chi connectivity index (χ1) is 8.62. The lowest BCUT2D eigenvalue weighted by molar-refractivity contribution is 0.204. The van der Waals surface area contributed by atoms with E-state index >= 15 is 0 Å². The van der Waals surface area contributed by atoms with Gasteiger partial charge in [-0.25, -0.2) is 4.39 Å². The maximum atomic E-state index is 13.8. The van der Waals surface area contributed by atoms with Crippen LogP contribution in [0.25, 0.3) is 0 Å². The van der Waals surface area contributed by atoms with Gasteiger partial charge in [0.2, 0.25) is 0 Å². The summed E-state index contributed by atoms with van der Waals surface area (Å²) >= 11 is 0. The molecule has 2 N–H and O–H groups in total. The highest BCUT2D eigenvalue weighted by Crippen LogP contribution is 2.44. The summed E-state index contributed by atoms with van der Waals surface area (Å²) in [5.74, 6) is 0.298. The maximum absolute atomic E-state index is 13.8. The Morgan fingerprint density at radius 1 is 1.50 bits per heavy atom. The zero-order valence-corrected chi connectivity index (χ0v) is 10.9. The second kappa shape index (κ2) is 5.24. The topological polar surface area (TPSA) is 41.5 Å². The molecule has 1 saturated carbocycles. The summed E-state index contributed by atoms with van der Waals surface area (Å²) in [4.78, 5) is 0. The smallest absolute Gasteiger partial charge is 0.131 e. The monoisotopic (exact) mass is 253 g/mol. The molecule has 1 aromatic rings. The zero-order valence-electron chi connectivity index (χ0n) is 10.9. The summed E-state index contributed by atoms with van der Waals surface area (Å²) < 4.78 is 19.0. The van der Waals surface area contributed by atoms with Gasteiger partial charge in [-0.2, -0.15) is 0 Å². The number of halogens is 1. The number of ether oxygens (including phenoxy) is 1. The lowest BCUT2D eigenvalue weighted by Gasteiger charge is -2.21. The minimum absolute atomic E-state index is 0.0206. The van der Waals surface area contributed by atoms with Crippen LogP contribution >= 0.6 is 0 Å². The van der Waals surface area contributed by atoms with Crippen LogP contribution in [0.15, 0.2) is 18.2 Å². The second-order valence-corrected chi connectivity index (χ2v) is 5.12. The normalized spacial score (nSPS) is 18.4. The van der Waals surface area contributed by atoms with E-state index in [2.05, 4.69) is 5.32 Å². The first-order valence-electron chi connectivity index (χ1n) is 6.28. The third kappa shape index (κ3) is 2.65. The number of benzene rings is 1. The number of methoxy groups -OCH3 is 1. The quantitative estimate of drug-likeness (QED) is 0.817.